The van der Waals surface area contributed by atoms with E-state index in [0.717, 1.165) is 49.4 Å². The van der Waals surface area contributed by atoms with Crippen LogP contribution in [0.1, 0.15) is 11.4 Å². The number of rotatable bonds is 5. The molecule has 1 saturated heterocycles. The Labute approximate surface area is 133 Å². The van der Waals surface area contributed by atoms with E-state index in [1.54, 1.807) is 0 Å². The van der Waals surface area contributed by atoms with Crippen molar-refractivity contribution in [3.8, 4) is 0 Å². The van der Waals surface area contributed by atoms with Crippen LogP contribution in [-0.2, 0) is 4.74 Å². The predicted octanol–water partition coefficient (Wildman–Crippen LogP) is -0.891. The van der Waals surface area contributed by atoms with Gasteiger partial charge >= 0.3 is 0 Å². The Morgan fingerprint density at radius 3 is 2.91 bits per heavy atom. The third kappa shape index (κ3) is 3.57. The minimum absolute atomic E-state index is 0.357. The van der Waals surface area contributed by atoms with Gasteiger partial charge in [-0.3, -0.25) is 4.40 Å². The number of aliphatic hydroxyl groups is 1. The zero-order valence-corrected chi connectivity index (χ0v) is 13.8. The Morgan fingerprint density at radius 1 is 1.36 bits per heavy atom. The van der Waals surface area contributed by atoms with Crippen LogP contribution in [-0.4, -0.2) is 69.4 Å². The second-order valence-corrected chi connectivity index (χ2v) is 6.68. The van der Waals surface area contributed by atoms with Crippen molar-refractivity contribution in [1.29, 1.82) is 0 Å². The Kier molecular flexibility index (Phi) is 4.92. The molecule has 0 aromatic carbocycles. The molecule has 120 valence electrons. The monoisotopic (exact) mass is 324 g/mol. The van der Waals surface area contributed by atoms with E-state index in [9.17, 15) is 5.11 Å². The second-order valence-electron chi connectivity index (χ2n) is 5.69. The van der Waals surface area contributed by atoms with Gasteiger partial charge in [-0.2, -0.15) is 0 Å². The van der Waals surface area contributed by atoms with Crippen molar-refractivity contribution in [1.82, 2.24) is 19.6 Å². The number of hydrogen-bond acceptors (Lipinski definition) is 6. The number of ether oxygens (including phenoxy) is 1. The lowest BCUT2D eigenvalue weighted by molar-refractivity contribution is -0.910. The summed E-state index contributed by atoms with van der Waals surface area (Å²) in [6, 6.07) is 2.01. The van der Waals surface area contributed by atoms with Crippen LogP contribution in [0.5, 0.6) is 0 Å². The molecule has 3 rings (SSSR count). The van der Waals surface area contributed by atoms with Gasteiger partial charge in [-0.05, 0) is 19.9 Å². The van der Waals surface area contributed by atoms with Gasteiger partial charge in [0, 0.05) is 17.1 Å². The molecule has 0 unspecified atom stereocenters. The fourth-order valence-corrected chi connectivity index (χ4v) is 3.63. The molecule has 2 N–H and O–H groups in total. The lowest BCUT2D eigenvalue weighted by Crippen LogP contribution is -3.15. The standard InChI is InChI=1S/C14H21N5O2S/c1-10-7-11(2)19-13(15-10)16-17-14(19)22-9-12(20)8-18-3-5-21-6-4-18/h7,12,20H,3-6,8-9H2,1-2H3/p+1/t12-/m1/s1. The number of aliphatic hydroxyl groups excluding tert-OH is 1. The molecule has 0 aliphatic carbocycles. The number of quaternary nitrogens is 1. The molecule has 0 saturated carbocycles. The first-order valence-electron chi connectivity index (χ1n) is 7.55. The van der Waals surface area contributed by atoms with Gasteiger partial charge < -0.3 is 14.7 Å². The van der Waals surface area contributed by atoms with E-state index in [1.807, 2.05) is 24.3 Å². The van der Waals surface area contributed by atoms with Gasteiger partial charge in [-0.25, -0.2) is 4.98 Å². The zero-order chi connectivity index (χ0) is 15.5. The third-order valence-electron chi connectivity index (χ3n) is 3.79. The minimum Gasteiger partial charge on any atom is -0.386 e. The fraction of sp³-hybridized carbons (Fsp3) is 0.643. The molecular formula is C14H22N5O2S+. The summed E-state index contributed by atoms with van der Waals surface area (Å²) in [5.74, 6) is 1.23. The van der Waals surface area contributed by atoms with E-state index in [4.69, 9.17) is 4.74 Å². The van der Waals surface area contributed by atoms with Crippen molar-refractivity contribution in [3.63, 3.8) is 0 Å². The van der Waals surface area contributed by atoms with Crippen LogP contribution in [0.25, 0.3) is 5.78 Å². The highest BCUT2D eigenvalue weighted by atomic mass is 32.2. The van der Waals surface area contributed by atoms with Gasteiger partial charge in [0.25, 0.3) is 5.78 Å². The Morgan fingerprint density at radius 2 is 2.14 bits per heavy atom. The number of aryl methyl sites for hydroxylation is 2. The third-order valence-corrected chi connectivity index (χ3v) is 4.87. The predicted molar refractivity (Wildman–Crippen MR) is 83.4 cm³/mol. The largest absolute Gasteiger partial charge is 0.386 e. The summed E-state index contributed by atoms with van der Waals surface area (Å²) in [5, 5.41) is 19.3. The van der Waals surface area contributed by atoms with Gasteiger partial charge in [-0.1, -0.05) is 11.8 Å². The molecule has 7 nitrogen and oxygen atoms in total. The Balaban J connectivity index is 1.61. The molecule has 0 radical (unpaired) electrons. The molecule has 3 heterocycles. The van der Waals surface area contributed by atoms with Crippen LogP contribution >= 0.6 is 11.8 Å². The quantitative estimate of drug-likeness (QED) is 0.695. The highest BCUT2D eigenvalue weighted by molar-refractivity contribution is 7.99. The molecule has 0 bridgehead atoms. The second kappa shape index (κ2) is 6.91. The van der Waals surface area contributed by atoms with Crippen molar-refractivity contribution >= 4 is 17.5 Å². The first-order chi connectivity index (χ1) is 10.6. The van der Waals surface area contributed by atoms with Crippen molar-refractivity contribution in [3.05, 3.63) is 17.5 Å². The first-order valence-corrected chi connectivity index (χ1v) is 8.53. The normalized spacial score (nSPS) is 18.0. The van der Waals surface area contributed by atoms with Gasteiger partial charge in [0.05, 0.1) is 13.2 Å². The summed E-state index contributed by atoms with van der Waals surface area (Å²) in [4.78, 5) is 5.78. The number of thioether (sulfide) groups is 1. The van der Waals surface area contributed by atoms with Crippen molar-refractivity contribution in [2.45, 2.75) is 25.1 Å². The van der Waals surface area contributed by atoms with E-state index in [2.05, 4.69) is 15.2 Å². The summed E-state index contributed by atoms with van der Waals surface area (Å²) in [5.41, 5.74) is 1.99. The van der Waals surface area contributed by atoms with Crippen molar-refractivity contribution in [2.75, 3.05) is 38.6 Å². The topological polar surface area (TPSA) is 77.0 Å². The Bertz CT molecular complexity index is 641. The molecule has 0 amide bonds. The lowest BCUT2D eigenvalue weighted by atomic mass is 10.3. The van der Waals surface area contributed by atoms with Gasteiger partial charge in [0.1, 0.15) is 25.7 Å². The molecule has 1 fully saturated rings. The number of aromatic nitrogens is 4. The molecule has 1 aliphatic heterocycles. The van der Waals surface area contributed by atoms with E-state index in [-0.39, 0.29) is 6.10 Å². The number of fused-ring (bicyclic) bond motifs is 1. The fourth-order valence-electron chi connectivity index (χ4n) is 2.72. The van der Waals surface area contributed by atoms with Gasteiger partial charge in [0.2, 0.25) is 0 Å². The zero-order valence-electron chi connectivity index (χ0n) is 12.9. The van der Waals surface area contributed by atoms with E-state index in [1.165, 1.54) is 16.7 Å². The SMILES string of the molecule is Cc1cc(C)n2c(SC[C@H](O)C[NH+]3CCOCC3)nnc2n1. The summed E-state index contributed by atoms with van der Waals surface area (Å²) in [6.45, 7) is 8.23. The Hall–Kier alpha value is -1.22. The highest BCUT2D eigenvalue weighted by Crippen LogP contribution is 2.19. The summed E-state index contributed by atoms with van der Waals surface area (Å²) in [7, 11) is 0. The maximum atomic E-state index is 10.2. The highest BCUT2D eigenvalue weighted by Gasteiger charge is 2.19. The summed E-state index contributed by atoms with van der Waals surface area (Å²) >= 11 is 1.53. The molecular weight excluding hydrogens is 302 g/mol. The molecule has 8 heteroatoms. The van der Waals surface area contributed by atoms with Crippen molar-refractivity contribution in [2.24, 2.45) is 0 Å². The van der Waals surface area contributed by atoms with Crippen LogP contribution in [0.4, 0.5) is 0 Å². The first kappa shape index (κ1) is 15.7. The number of nitrogens with zero attached hydrogens (tertiary/aromatic N) is 4. The van der Waals surface area contributed by atoms with Gasteiger partial charge in [-0.15, -0.1) is 10.2 Å². The summed E-state index contributed by atoms with van der Waals surface area (Å²) < 4.78 is 7.27. The van der Waals surface area contributed by atoms with Crippen molar-refractivity contribution < 1.29 is 14.7 Å². The van der Waals surface area contributed by atoms with E-state index in [0.29, 0.717) is 11.5 Å². The lowest BCUT2D eigenvalue weighted by Gasteiger charge is -2.25. The van der Waals surface area contributed by atoms with Crippen LogP contribution in [0.2, 0.25) is 0 Å². The average Bonchev–Trinajstić information content (AvgIpc) is 2.89. The molecule has 0 spiro atoms. The van der Waals surface area contributed by atoms with Gasteiger partial charge in [0.15, 0.2) is 5.16 Å². The summed E-state index contributed by atoms with van der Waals surface area (Å²) in [6.07, 6.45) is -0.357. The van der Waals surface area contributed by atoms with Crippen LogP contribution in [0.3, 0.4) is 0 Å². The minimum atomic E-state index is -0.357. The maximum absolute atomic E-state index is 10.2. The molecule has 2 aromatic rings. The smallest absolute Gasteiger partial charge is 0.256 e. The van der Waals surface area contributed by atoms with E-state index >= 15 is 0 Å². The maximum Gasteiger partial charge on any atom is 0.256 e. The average molecular weight is 324 g/mol. The van der Waals surface area contributed by atoms with Crippen LogP contribution < -0.4 is 4.90 Å². The molecule has 22 heavy (non-hydrogen) atoms. The molecule has 2 aromatic heterocycles. The van der Waals surface area contributed by atoms with Crippen LogP contribution in [0.15, 0.2) is 11.2 Å². The number of morpholine rings is 1. The number of nitrogens with one attached hydrogen (secondary N) is 1. The van der Waals surface area contributed by atoms with Crippen LogP contribution in [0, 0.1) is 13.8 Å². The molecule has 1 aliphatic rings. The number of hydrogen-bond donors (Lipinski definition) is 2. The molecule has 1 atom stereocenters. The van der Waals surface area contributed by atoms with E-state index < -0.39 is 0 Å².